The van der Waals surface area contributed by atoms with Gasteiger partial charge < -0.3 is 10.1 Å². The summed E-state index contributed by atoms with van der Waals surface area (Å²) in [5.41, 5.74) is 1.34. The van der Waals surface area contributed by atoms with Crippen LogP contribution in [0.1, 0.15) is 37.3 Å². The fourth-order valence-corrected chi connectivity index (χ4v) is 2.66. The lowest BCUT2D eigenvalue weighted by atomic mass is 10.2. The van der Waals surface area contributed by atoms with E-state index in [0.29, 0.717) is 18.0 Å². The molecule has 1 aromatic heterocycles. The summed E-state index contributed by atoms with van der Waals surface area (Å²) >= 11 is 5.69. The number of amides is 1. The number of hydrogen-bond acceptors (Lipinski definition) is 4. The maximum atomic E-state index is 13.2. The van der Waals surface area contributed by atoms with Gasteiger partial charge in [-0.3, -0.25) is 9.59 Å². The average Bonchev–Trinajstić information content (AvgIpc) is 2.89. The second kappa shape index (κ2) is 6.33. The lowest BCUT2D eigenvalue weighted by Gasteiger charge is -2.15. The molecule has 8 heteroatoms. The van der Waals surface area contributed by atoms with Gasteiger partial charge in [-0.25, -0.2) is 9.07 Å². The third-order valence-electron chi connectivity index (χ3n) is 3.88. The summed E-state index contributed by atoms with van der Waals surface area (Å²) in [7, 11) is 0. The molecule has 0 bridgehead atoms. The average molecular weight is 352 g/mol. The van der Waals surface area contributed by atoms with Crippen molar-refractivity contribution in [3.05, 3.63) is 56.7 Å². The maximum Gasteiger partial charge on any atom is 0.267 e. The fraction of sp³-hybridized carbons (Fsp3) is 0.312. The minimum atomic E-state index is -0.848. The van der Waals surface area contributed by atoms with Crippen LogP contribution in [-0.4, -0.2) is 15.7 Å². The molecule has 0 aliphatic carbocycles. The molecule has 6 nitrogen and oxygen atoms in total. The van der Waals surface area contributed by atoms with Crippen molar-refractivity contribution in [3.63, 3.8) is 0 Å². The molecule has 1 aliphatic rings. The molecule has 0 saturated carbocycles. The Hall–Kier alpha value is -2.25. The van der Waals surface area contributed by atoms with E-state index in [-0.39, 0.29) is 16.7 Å². The molecule has 2 aromatic rings. The van der Waals surface area contributed by atoms with Crippen LogP contribution in [-0.2, 0) is 16.1 Å². The van der Waals surface area contributed by atoms with Gasteiger partial charge in [-0.1, -0.05) is 11.6 Å². The maximum absolute atomic E-state index is 13.2. The molecule has 0 spiro atoms. The minimum absolute atomic E-state index is 0.0979. The number of benzene rings is 1. The number of ether oxygens (including phenoxy) is 1. The van der Waals surface area contributed by atoms with Gasteiger partial charge in [0.2, 0.25) is 5.91 Å². The molecule has 2 heterocycles. The van der Waals surface area contributed by atoms with Crippen LogP contribution >= 0.6 is 11.6 Å². The van der Waals surface area contributed by atoms with E-state index in [1.54, 1.807) is 6.92 Å². The Morgan fingerprint density at radius 2 is 2.25 bits per heavy atom. The van der Waals surface area contributed by atoms with E-state index in [4.69, 9.17) is 16.3 Å². The van der Waals surface area contributed by atoms with Crippen molar-refractivity contribution in [2.24, 2.45) is 0 Å². The first-order valence-corrected chi connectivity index (χ1v) is 7.74. The number of fused-ring (bicyclic) bond motifs is 1. The lowest BCUT2D eigenvalue weighted by molar-refractivity contribution is -0.119. The number of nitrogens with one attached hydrogen (secondary N) is 1. The zero-order chi connectivity index (χ0) is 17.4. The van der Waals surface area contributed by atoms with Crippen molar-refractivity contribution >= 4 is 23.2 Å². The Morgan fingerprint density at radius 1 is 1.50 bits per heavy atom. The molecule has 1 N–H and O–H groups in total. The molecule has 1 aliphatic heterocycles. The zero-order valence-electron chi connectivity index (χ0n) is 13.0. The quantitative estimate of drug-likeness (QED) is 0.922. The SMILES string of the molecule is C[C@H](C(=O)Nc1ccc(F)c(Cl)c1)n1nc2c(cc1=O)CO[C@@H]2C. The van der Waals surface area contributed by atoms with Crippen molar-refractivity contribution in [1.29, 1.82) is 0 Å². The molecule has 126 valence electrons. The first-order valence-electron chi connectivity index (χ1n) is 7.37. The number of hydrogen-bond donors (Lipinski definition) is 1. The molecule has 0 saturated heterocycles. The Bertz CT molecular complexity index is 868. The van der Waals surface area contributed by atoms with E-state index in [1.807, 2.05) is 6.92 Å². The second-order valence-electron chi connectivity index (χ2n) is 5.58. The number of anilines is 1. The van der Waals surface area contributed by atoms with Crippen LogP contribution in [0, 0.1) is 5.82 Å². The summed E-state index contributed by atoms with van der Waals surface area (Å²) in [5, 5.41) is 6.76. The largest absolute Gasteiger partial charge is 0.367 e. The molecule has 0 fully saturated rings. The fourth-order valence-electron chi connectivity index (χ4n) is 2.48. The van der Waals surface area contributed by atoms with E-state index in [0.717, 1.165) is 16.3 Å². The molecular weight excluding hydrogens is 337 g/mol. The van der Waals surface area contributed by atoms with Gasteiger partial charge in [-0.05, 0) is 32.0 Å². The lowest BCUT2D eigenvalue weighted by Crippen LogP contribution is -2.34. The highest BCUT2D eigenvalue weighted by Gasteiger charge is 2.25. The van der Waals surface area contributed by atoms with Crippen LogP contribution in [0.25, 0.3) is 0 Å². The predicted octanol–water partition coefficient (Wildman–Crippen LogP) is 2.83. The monoisotopic (exact) mass is 351 g/mol. The van der Waals surface area contributed by atoms with Crippen LogP contribution in [0.4, 0.5) is 10.1 Å². The zero-order valence-corrected chi connectivity index (χ0v) is 13.8. The summed E-state index contributed by atoms with van der Waals surface area (Å²) in [6, 6.07) is 4.43. The molecule has 1 aromatic carbocycles. The predicted molar refractivity (Wildman–Crippen MR) is 86.5 cm³/mol. The molecular formula is C16H15ClFN3O3. The number of aromatic nitrogens is 2. The van der Waals surface area contributed by atoms with Crippen LogP contribution in [0.3, 0.4) is 0 Å². The van der Waals surface area contributed by atoms with E-state index in [2.05, 4.69) is 10.4 Å². The smallest absolute Gasteiger partial charge is 0.267 e. The van der Waals surface area contributed by atoms with Crippen molar-refractivity contribution in [2.75, 3.05) is 5.32 Å². The van der Waals surface area contributed by atoms with Gasteiger partial charge in [0, 0.05) is 17.3 Å². The van der Waals surface area contributed by atoms with E-state index >= 15 is 0 Å². The van der Waals surface area contributed by atoms with Crippen LogP contribution in [0.2, 0.25) is 5.02 Å². The van der Waals surface area contributed by atoms with E-state index in [1.165, 1.54) is 18.2 Å². The van der Waals surface area contributed by atoms with E-state index in [9.17, 15) is 14.0 Å². The number of carbonyl (C=O) groups is 1. The van der Waals surface area contributed by atoms with Gasteiger partial charge >= 0.3 is 0 Å². The Morgan fingerprint density at radius 3 is 2.96 bits per heavy atom. The van der Waals surface area contributed by atoms with Gasteiger partial charge in [-0.15, -0.1) is 0 Å². The van der Waals surface area contributed by atoms with Gasteiger partial charge in [0.05, 0.1) is 23.4 Å². The Labute approximate surface area is 142 Å². The second-order valence-corrected chi connectivity index (χ2v) is 5.99. The summed E-state index contributed by atoms with van der Waals surface area (Å²) in [6.07, 6.45) is -0.224. The van der Waals surface area contributed by atoms with Crippen molar-refractivity contribution in [3.8, 4) is 0 Å². The van der Waals surface area contributed by atoms with Crippen molar-refractivity contribution in [2.45, 2.75) is 32.6 Å². The summed E-state index contributed by atoms with van der Waals surface area (Å²) in [5.74, 6) is -1.04. The normalized spacial score (nSPS) is 17.4. The molecule has 1 amide bonds. The molecule has 3 rings (SSSR count). The topological polar surface area (TPSA) is 73.2 Å². The summed E-state index contributed by atoms with van der Waals surface area (Å²) in [6.45, 7) is 3.73. The molecule has 0 unspecified atom stereocenters. The Balaban J connectivity index is 1.84. The standard InChI is InChI=1S/C16H15ClFN3O3/c1-8(16(23)19-11-3-4-13(18)12(17)6-11)21-14(22)5-10-7-24-9(2)15(10)20-21/h3-6,8-9H,7H2,1-2H3,(H,19,23)/t8-,9-/m1/s1. The third-order valence-corrected chi connectivity index (χ3v) is 4.16. The third kappa shape index (κ3) is 3.05. The van der Waals surface area contributed by atoms with Gasteiger partial charge in [0.1, 0.15) is 11.9 Å². The summed E-state index contributed by atoms with van der Waals surface area (Å²) in [4.78, 5) is 24.5. The number of rotatable bonds is 3. The minimum Gasteiger partial charge on any atom is -0.367 e. The molecule has 2 atom stereocenters. The van der Waals surface area contributed by atoms with Gasteiger partial charge in [0.25, 0.3) is 5.56 Å². The van der Waals surface area contributed by atoms with Gasteiger partial charge in [-0.2, -0.15) is 5.10 Å². The van der Waals surface area contributed by atoms with Crippen molar-refractivity contribution in [1.82, 2.24) is 9.78 Å². The number of carbonyl (C=O) groups excluding carboxylic acids is 1. The molecule has 24 heavy (non-hydrogen) atoms. The van der Waals surface area contributed by atoms with Crippen LogP contribution < -0.4 is 10.9 Å². The summed E-state index contributed by atoms with van der Waals surface area (Å²) < 4.78 is 19.7. The first kappa shape index (κ1) is 16.6. The first-order chi connectivity index (χ1) is 11.4. The molecule has 0 radical (unpaired) electrons. The highest BCUT2D eigenvalue weighted by molar-refractivity contribution is 6.31. The van der Waals surface area contributed by atoms with Crippen LogP contribution in [0.15, 0.2) is 29.1 Å². The number of nitrogens with zero attached hydrogens (tertiary/aromatic N) is 2. The number of halogens is 2. The van der Waals surface area contributed by atoms with Crippen molar-refractivity contribution < 1.29 is 13.9 Å². The highest BCUT2D eigenvalue weighted by Crippen LogP contribution is 2.27. The highest BCUT2D eigenvalue weighted by atomic mass is 35.5. The van der Waals surface area contributed by atoms with E-state index < -0.39 is 17.8 Å². The Kier molecular flexibility index (Phi) is 4.38. The van der Waals surface area contributed by atoms with Gasteiger partial charge in [0.15, 0.2) is 0 Å². The van der Waals surface area contributed by atoms with Crippen LogP contribution in [0.5, 0.6) is 0 Å².